The van der Waals surface area contributed by atoms with Crippen LogP contribution in [0.3, 0.4) is 0 Å². The van der Waals surface area contributed by atoms with Gasteiger partial charge in [0.15, 0.2) is 6.10 Å². The van der Waals surface area contributed by atoms with E-state index in [0.717, 1.165) is 5.69 Å². The highest BCUT2D eigenvalue weighted by Crippen LogP contribution is 2.17. The second kappa shape index (κ2) is 7.23. The van der Waals surface area contributed by atoms with Gasteiger partial charge in [-0.3, -0.25) is 4.79 Å². The second-order valence-electron chi connectivity index (χ2n) is 5.19. The van der Waals surface area contributed by atoms with Gasteiger partial charge < -0.3 is 10.1 Å². The molecule has 124 valence electrons. The molecule has 0 bridgehead atoms. The van der Waals surface area contributed by atoms with Crippen molar-refractivity contribution in [2.24, 2.45) is 0 Å². The van der Waals surface area contributed by atoms with Crippen molar-refractivity contribution < 1.29 is 9.53 Å². The number of ether oxygens (including phenoxy) is 1. The largest absolute Gasteiger partial charge is 0.481 e. The van der Waals surface area contributed by atoms with Gasteiger partial charge in [0.2, 0.25) is 0 Å². The lowest BCUT2D eigenvalue weighted by Crippen LogP contribution is -2.30. The molecule has 0 fully saturated rings. The molecule has 0 aliphatic heterocycles. The van der Waals surface area contributed by atoms with Gasteiger partial charge in [0.05, 0.1) is 17.3 Å². The fraction of sp³-hybridized carbons (Fsp3) is 0.118. The van der Waals surface area contributed by atoms with Gasteiger partial charge in [0.1, 0.15) is 12.1 Å². The minimum Gasteiger partial charge on any atom is -0.481 e. The van der Waals surface area contributed by atoms with Crippen molar-refractivity contribution in [3.63, 3.8) is 0 Å². The number of rotatable bonds is 5. The number of carbonyl (C=O) groups is 1. The van der Waals surface area contributed by atoms with Crippen LogP contribution in [0, 0.1) is 11.3 Å². The number of amides is 1. The first-order chi connectivity index (χ1) is 12.2. The van der Waals surface area contributed by atoms with Crippen molar-refractivity contribution in [3.8, 4) is 17.5 Å². The molecule has 0 aliphatic carbocycles. The molecule has 1 aromatic heterocycles. The van der Waals surface area contributed by atoms with Gasteiger partial charge in [-0.2, -0.15) is 5.26 Å². The van der Waals surface area contributed by atoms with Crippen LogP contribution in [0.4, 0.5) is 5.69 Å². The number of anilines is 1. The molecule has 8 nitrogen and oxygen atoms in total. The summed E-state index contributed by atoms with van der Waals surface area (Å²) in [6, 6.07) is 15.8. The van der Waals surface area contributed by atoms with Gasteiger partial charge in [-0.25, -0.2) is 4.68 Å². The van der Waals surface area contributed by atoms with E-state index < -0.39 is 6.10 Å². The summed E-state index contributed by atoms with van der Waals surface area (Å²) in [5.41, 5.74) is 1.81. The minimum absolute atomic E-state index is 0.306. The summed E-state index contributed by atoms with van der Waals surface area (Å²) in [6.07, 6.45) is 0.783. The number of nitrogens with zero attached hydrogens (tertiary/aromatic N) is 5. The standard InChI is InChI=1S/C17H14N6O2/c1-12(17(24)20-14-4-2-3-13(9-14)10-18)25-16-7-5-15(6-8-16)23-11-19-21-22-23/h2-9,11-12H,1H3,(H,20,24). The molecule has 3 aromatic rings. The molecular weight excluding hydrogens is 320 g/mol. The van der Waals surface area contributed by atoms with Gasteiger partial charge >= 0.3 is 0 Å². The lowest BCUT2D eigenvalue weighted by atomic mass is 10.2. The van der Waals surface area contributed by atoms with Crippen LogP contribution >= 0.6 is 0 Å². The smallest absolute Gasteiger partial charge is 0.265 e. The summed E-state index contributed by atoms with van der Waals surface area (Å²) in [4.78, 5) is 12.2. The van der Waals surface area contributed by atoms with Crippen LogP contribution in [0.25, 0.3) is 5.69 Å². The average molecular weight is 334 g/mol. The molecule has 1 unspecified atom stereocenters. The summed E-state index contributed by atoms with van der Waals surface area (Å²) in [6.45, 7) is 1.65. The summed E-state index contributed by atoms with van der Waals surface area (Å²) in [7, 11) is 0. The summed E-state index contributed by atoms with van der Waals surface area (Å²) in [5.74, 6) is 0.241. The highest BCUT2D eigenvalue weighted by Gasteiger charge is 2.15. The Morgan fingerprint density at radius 2 is 2.08 bits per heavy atom. The third kappa shape index (κ3) is 3.97. The number of hydrogen-bond acceptors (Lipinski definition) is 6. The van der Waals surface area contributed by atoms with E-state index in [2.05, 4.69) is 20.8 Å². The molecule has 2 aromatic carbocycles. The van der Waals surface area contributed by atoms with Gasteiger partial charge in [0, 0.05) is 5.69 Å². The summed E-state index contributed by atoms with van der Waals surface area (Å²) < 4.78 is 7.16. The van der Waals surface area contributed by atoms with Crippen LogP contribution < -0.4 is 10.1 Å². The van der Waals surface area contributed by atoms with Gasteiger partial charge in [-0.1, -0.05) is 6.07 Å². The molecule has 1 heterocycles. The van der Waals surface area contributed by atoms with Gasteiger partial charge in [0.25, 0.3) is 5.91 Å². The van der Waals surface area contributed by atoms with E-state index in [-0.39, 0.29) is 5.91 Å². The number of nitrogens with one attached hydrogen (secondary N) is 1. The van der Waals surface area contributed by atoms with Crippen molar-refractivity contribution >= 4 is 11.6 Å². The first-order valence-corrected chi connectivity index (χ1v) is 7.47. The molecule has 0 saturated carbocycles. The van der Waals surface area contributed by atoms with Crippen molar-refractivity contribution in [3.05, 3.63) is 60.4 Å². The predicted molar refractivity (Wildman–Crippen MR) is 89.0 cm³/mol. The monoisotopic (exact) mass is 334 g/mol. The van der Waals surface area contributed by atoms with Crippen molar-refractivity contribution in [2.75, 3.05) is 5.32 Å². The Hall–Kier alpha value is -3.73. The van der Waals surface area contributed by atoms with Gasteiger partial charge in [-0.15, -0.1) is 5.10 Å². The first-order valence-electron chi connectivity index (χ1n) is 7.47. The molecule has 1 N–H and O–H groups in total. The zero-order chi connectivity index (χ0) is 17.6. The molecule has 25 heavy (non-hydrogen) atoms. The fourth-order valence-electron chi connectivity index (χ4n) is 2.13. The Balaban J connectivity index is 1.62. The summed E-state index contributed by atoms with van der Waals surface area (Å²) in [5, 5.41) is 22.6. The molecule has 1 amide bonds. The van der Waals surface area contributed by atoms with E-state index in [4.69, 9.17) is 10.00 Å². The maximum atomic E-state index is 12.2. The number of carbonyl (C=O) groups excluding carboxylic acids is 1. The summed E-state index contributed by atoms with van der Waals surface area (Å²) >= 11 is 0. The Morgan fingerprint density at radius 3 is 2.76 bits per heavy atom. The first kappa shape index (κ1) is 16.1. The van der Waals surface area contributed by atoms with Crippen LogP contribution in [0.1, 0.15) is 12.5 Å². The Morgan fingerprint density at radius 1 is 1.28 bits per heavy atom. The predicted octanol–water partition coefficient (Wildman–Crippen LogP) is 1.94. The molecule has 0 saturated heterocycles. The van der Waals surface area contributed by atoms with Crippen LogP contribution in [0.5, 0.6) is 5.75 Å². The van der Waals surface area contributed by atoms with Crippen molar-refractivity contribution in [2.45, 2.75) is 13.0 Å². The molecule has 0 spiro atoms. The SMILES string of the molecule is CC(Oc1ccc(-n2cnnn2)cc1)C(=O)Nc1cccc(C#N)c1. The maximum absolute atomic E-state index is 12.2. The molecule has 3 rings (SSSR count). The molecule has 8 heteroatoms. The molecule has 0 radical (unpaired) electrons. The van der Waals surface area contributed by atoms with E-state index in [9.17, 15) is 4.79 Å². The zero-order valence-corrected chi connectivity index (χ0v) is 13.3. The van der Waals surface area contributed by atoms with Crippen molar-refractivity contribution in [1.82, 2.24) is 20.2 Å². The fourth-order valence-corrected chi connectivity index (χ4v) is 2.13. The quantitative estimate of drug-likeness (QED) is 0.764. The third-order valence-electron chi connectivity index (χ3n) is 3.39. The Labute approximate surface area is 143 Å². The number of hydrogen-bond donors (Lipinski definition) is 1. The minimum atomic E-state index is -0.704. The van der Waals surface area contributed by atoms with Crippen LogP contribution in [0.2, 0.25) is 0 Å². The number of tetrazole rings is 1. The average Bonchev–Trinajstić information content (AvgIpc) is 3.17. The van der Waals surface area contributed by atoms with E-state index in [1.807, 2.05) is 6.07 Å². The van der Waals surface area contributed by atoms with Gasteiger partial charge in [-0.05, 0) is 59.8 Å². The van der Waals surface area contributed by atoms with Crippen molar-refractivity contribution in [1.29, 1.82) is 5.26 Å². The lowest BCUT2D eigenvalue weighted by Gasteiger charge is -2.15. The maximum Gasteiger partial charge on any atom is 0.265 e. The Bertz CT molecular complexity index is 900. The molecule has 1 atom stereocenters. The number of nitriles is 1. The third-order valence-corrected chi connectivity index (χ3v) is 3.39. The van der Waals surface area contributed by atoms with E-state index in [1.54, 1.807) is 55.5 Å². The number of benzene rings is 2. The van der Waals surface area contributed by atoms with E-state index in [0.29, 0.717) is 17.0 Å². The molecular formula is C17H14N6O2. The number of aromatic nitrogens is 4. The van der Waals surface area contributed by atoms with E-state index in [1.165, 1.54) is 11.0 Å². The van der Waals surface area contributed by atoms with Crippen LogP contribution in [0.15, 0.2) is 54.9 Å². The second-order valence-corrected chi connectivity index (χ2v) is 5.19. The molecule has 0 aliphatic rings. The highest BCUT2D eigenvalue weighted by atomic mass is 16.5. The van der Waals surface area contributed by atoms with E-state index >= 15 is 0 Å². The van der Waals surface area contributed by atoms with Crippen LogP contribution in [-0.4, -0.2) is 32.2 Å². The normalized spacial score (nSPS) is 11.4. The highest BCUT2D eigenvalue weighted by molar-refractivity contribution is 5.94. The van der Waals surface area contributed by atoms with Crippen LogP contribution in [-0.2, 0) is 4.79 Å². The Kier molecular flexibility index (Phi) is 4.67. The zero-order valence-electron chi connectivity index (χ0n) is 13.3. The lowest BCUT2D eigenvalue weighted by molar-refractivity contribution is -0.122. The topological polar surface area (TPSA) is 106 Å².